The zero-order chi connectivity index (χ0) is 22.2. The molecule has 31 heavy (non-hydrogen) atoms. The van der Waals surface area contributed by atoms with E-state index >= 15 is 0 Å². The molecule has 164 valence electrons. The summed E-state index contributed by atoms with van der Waals surface area (Å²) in [6.07, 6.45) is -3.38. The largest absolute Gasteiger partial charge is 0.416 e. The predicted octanol–water partition coefficient (Wildman–Crippen LogP) is 4.95. The molecule has 10 heteroatoms. The topological polar surface area (TPSA) is 52.7 Å². The molecule has 2 aromatic carbocycles. The number of urea groups is 1. The first kappa shape index (κ1) is 21.5. The molecule has 2 aromatic rings. The Bertz CT molecular complexity index is 972. The van der Waals surface area contributed by atoms with Crippen LogP contribution in [-0.4, -0.2) is 40.6 Å². The molecule has 2 fully saturated rings. The van der Waals surface area contributed by atoms with E-state index in [1.807, 2.05) is 0 Å². The van der Waals surface area contributed by atoms with Crippen molar-refractivity contribution in [2.75, 3.05) is 29.1 Å². The second kappa shape index (κ2) is 8.07. The molecule has 1 N–H and O–H groups in total. The number of thioether (sulfide) groups is 1. The number of halogens is 4. The maximum absolute atomic E-state index is 13.3. The average molecular weight is 453 g/mol. The van der Waals surface area contributed by atoms with E-state index in [0.29, 0.717) is 37.4 Å². The summed E-state index contributed by atoms with van der Waals surface area (Å²) in [4.78, 5) is 27.9. The first-order valence-electron chi connectivity index (χ1n) is 9.64. The van der Waals surface area contributed by atoms with Gasteiger partial charge in [0, 0.05) is 24.5 Å². The number of hydrogen-bond acceptors (Lipinski definition) is 3. The molecule has 2 heterocycles. The summed E-state index contributed by atoms with van der Waals surface area (Å²) in [5, 5.41) is 2.62. The van der Waals surface area contributed by atoms with E-state index in [0.717, 1.165) is 12.1 Å². The molecule has 5 nitrogen and oxygen atoms in total. The Balaban J connectivity index is 1.41. The number of nitrogens with zero attached hydrogens (tertiary/aromatic N) is 2. The quantitative estimate of drug-likeness (QED) is 0.655. The van der Waals surface area contributed by atoms with Gasteiger partial charge in [-0.15, -0.1) is 11.8 Å². The number of anilines is 2. The number of amides is 3. The molecule has 0 unspecified atom stereocenters. The van der Waals surface area contributed by atoms with E-state index in [4.69, 9.17) is 0 Å². The number of nitrogens with one attached hydrogen (secondary N) is 1. The van der Waals surface area contributed by atoms with Crippen LogP contribution in [0.2, 0.25) is 0 Å². The Morgan fingerprint density at radius 1 is 1.00 bits per heavy atom. The summed E-state index contributed by atoms with van der Waals surface area (Å²) in [7, 11) is 0. The lowest BCUT2D eigenvalue weighted by atomic mass is 10.0. The van der Waals surface area contributed by atoms with Gasteiger partial charge in [-0.25, -0.2) is 9.18 Å². The maximum atomic E-state index is 13.3. The minimum atomic E-state index is -4.43. The van der Waals surface area contributed by atoms with Gasteiger partial charge in [-0.05, 0) is 61.4 Å². The van der Waals surface area contributed by atoms with Crippen molar-refractivity contribution in [3.63, 3.8) is 0 Å². The van der Waals surface area contributed by atoms with E-state index < -0.39 is 22.6 Å². The van der Waals surface area contributed by atoms with Crippen LogP contribution in [0.25, 0.3) is 0 Å². The summed E-state index contributed by atoms with van der Waals surface area (Å²) in [6, 6.07) is 9.64. The lowest BCUT2D eigenvalue weighted by molar-refractivity contribution is -0.137. The number of carbonyl (C=O) groups is 2. The van der Waals surface area contributed by atoms with Crippen LogP contribution >= 0.6 is 11.8 Å². The molecular formula is C21H19F4N3O2S. The average Bonchev–Trinajstić information content (AvgIpc) is 3.04. The molecule has 0 atom stereocenters. The van der Waals surface area contributed by atoms with Gasteiger partial charge in [0.15, 0.2) is 0 Å². The van der Waals surface area contributed by atoms with E-state index in [2.05, 4.69) is 5.32 Å². The summed E-state index contributed by atoms with van der Waals surface area (Å²) in [6.45, 7) is 0.759. The highest BCUT2D eigenvalue weighted by molar-refractivity contribution is 8.02. The van der Waals surface area contributed by atoms with Crippen LogP contribution in [0, 0.1) is 5.82 Å². The fraction of sp³-hybridized carbons (Fsp3) is 0.333. The van der Waals surface area contributed by atoms with Crippen LogP contribution in [0.15, 0.2) is 48.5 Å². The third-order valence-corrected chi connectivity index (χ3v) is 7.02. The number of rotatable bonds is 2. The van der Waals surface area contributed by atoms with Gasteiger partial charge in [-0.3, -0.25) is 9.69 Å². The predicted molar refractivity (Wildman–Crippen MR) is 110 cm³/mol. The Morgan fingerprint density at radius 2 is 1.61 bits per heavy atom. The second-order valence-corrected chi connectivity index (χ2v) is 8.77. The molecule has 0 bridgehead atoms. The molecule has 4 rings (SSSR count). The van der Waals surface area contributed by atoms with Crippen molar-refractivity contribution in [3.05, 3.63) is 59.9 Å². The normalized spacial score (nSPS) is 18.5. The molecule has 2 aliphatic rings. The van der Waals surface area contributed by atoms with Gasteiger partial charge in [0.1, 0.15) is 5.82 Å². The van der Waals surface area contributed by atoms with Crippen LogP contribution in [0.1, 0.15) is 18.4 Å². The van der Waals surface area contributed by atoms with Gasteiger partial charge in [-0.2, -0.15) is 13.2 Å². The number of alkyl halides is 3. The lowest BCUT2D eigenvalue weighted by Crippen LogP contribution is -2.53. The van der Waals surface area contributed by atoms with Gasteiger partial charge < -0.3 is 10.2 Å². The fourth-order valence-electron chi connectivity index (χ4n) is 3.89. The van der Waals surface area contributed by atoms with Crippen molar-refractivity contribution in [2.24, 2.45) is 0 Å². The zero-order valence-electron chi connectivity index (χ0n) is 16.3. The van der Waals surface area contributed by atoms with Crippen molar-refractivity contribution in [1.82, 2.24) is 4.90 Å². The SMILES string of the molecule is O=C(Nc1ccc(C(F)(F)F)cc1)N1CCC2(CC1)SCC(=O)N2c1ccc(F)cc1. The molecular weight excluding hydrogens is 434 g/mol. The minimum absolute atomic E-state index is 0.0562. The van der Waals surface area contributed by atoms with Crippen molar-refractivity contribution >= 4 is 35.1 Å². The molecule has 0 aliphatic carbocycles. The summed E-state index contributed by atoms with van der Waals surface area (Å²) >= 11 is 1.52. The summed E-state index contributed by atoms with van der Waals surface area (Å²) < 4.78 is 51.3. The van der Waals surface area contributed by atoms with E-state index in [1.165, 1.54) is 36.0 Å². The van der Waals surface area contributed by atoms with Gasteiger partial charge >= 0.3 is 12.2 Å². The molecule has 0 saturated carbocycles. The highest BCUT2D eigenvalue weighted by Gasteiger charge is 2.49. The molecule has 0 aromatic heterocycles. The first-order valence-corrected chi connectivity index (χ1v) is 10.6. The van der Waals surface area contributed by atoms with Crippen LogP contribution in [0.3, 0.4) is 0 Å². The number of hydrogen-bond donors (Lipinski definition) is 1. The van der Waals surface area contributed by atoms with Crippen LogP contribution in [0.5, 0.6) is 0 Å². The van der Waals surface area contributed by atoms with E-state index in [9.17, 15) is 27.2 Å². The summed E-state index contributed by atoms with van der Waals surface area (Å²) in [5.74, 6) is -0.124. The fourth-order valence-corrected chi connectivity index (χ4v) is 5.22. The number of carbonyl (C=O) groups excluding carboxylic acids is 2. The number of benzene rings is 2. The van der Waals surface area contributed by atoms with Crippen molar-refractivity contribution in [1.29, 1.82) is 0 Å². The second-order valence-electron chi connectivity index (χ2n) is 7.43. The molecule has 1 spiro atoms. The highest BCUT2D eigenvalue weighted by Crippen LogP contribution is 2.46. The van der Waals surface area contributed by atoms with Gasteiger partial charge in [-0.1, -0.05) is 0 Å². The van der Waals surface area contributed by atoms with Crippen molar-refractivity contribution < 1.29 is 27.2 Å². The Morgan fingerprint density at radius 3 is 2.19 bits per heavy atom. The lowest BCUT2D eigenvalue weighted by Gasteiger charge is -2.43. The van der Waals surface area contributed by atoms with Gasteiger partial charge in [0.2, 0.25) is 5.91 Å². The van der Waals surface area contributed by atoms with E-state index in [1.54, 1.807) is 21.9 Å². The molecule has 2 aliphatic heterocycles. The molecule has 0 radical (unpaired) electrons. The molecule has 3 amide bonds. The third-order valence-electron chi connectivity index (χ3n) is 5.50. The Kier molecular flexibility index (Phi) is 5.59. The van der Waals surface area contributed by atoms with Crippen LogP contribution < -0.4 is 10.2 Å². The Hall–Kier alpha value is -2.75. The molecule has 2 saturated heterocycles. The summed E-state index contributed by atoms with van der Waals surface area (Å²) in [5.41, 5.74) is 0.116. The van der Waals surface area contributed by atoms with Crippen LogP contribution in [0.4, 0.5) is 33.7 Å². The maximum Gasteiger partial charge on any atom is 0.416 e. The van der Waals surface area contributed by atoms with E-state index in [-0.39, 0.29) is 17.4 Å². The standard InChI is InChI=1S/C21H19F4N3O2S/c22-15-3-7-17(8-4-15)28-18(29)13-31-20(28)9-11-27(12-10-20)19(30)26-16-5-1-14(2-6-16)21(23,24)25/h1-8H,9-13H2,(H,26,30). The minimum Gasteiger partial charge on any atom is -0.324 e. The smallest absolute Gasteiger partial charge is 0.324 e. The third kappa shape index (κ3) is 4.34. The van der Waals surface area contributed by atoms with Gasteiger partial charge in [0.05, 0.1) is 16.2 Å². The van der Waals surface area contributed by atoms with Crippen LogP contribution in [-0.2, 0) is 11.0 Å². The highest BCUT2D eigenvalue weighted by atomic mass is 32.2. The Labute approximate surface area is 180 Å². The van der Waals surface area contributed by atoms with Crippen molar-refractivity contribution in [3.8, 4) is 0 Å². The number of piperidine rings is 1. The van der Waals surface area contributed by atoms with Gasteiger partial charge in [0.25, 0.3) is 0 Å². The number of likely N-dealkylation sites (tertiary alicyclic amines) is 1. The first-order chi connectivity index (χ1) is 14.7. The monoisotopic (exact) mass is 453 g/mol. The van der Waals surface area contributed by atoms with Crippen molar-refractivity contribution in [2.45, 2.75) is 23.9 Å². The zero-order valence-corrected chi connectivity index (χ0v) is 17.1.